The van der Waals surface area contributed by atoms with E-state index in [0.717, 1.165) is 18.4 Å². The smallest absolute Gasteiger partial charge is 0.311 e. The minimum Gasteiger partial charge on any atom is -0.495 e. The maximum atomic E-state index is 12.4. The van der Waals surface area contributed by atoms with E-state index in [-0.39, 0.29) is 18.4 Å². The molecule has 2 aliphatic rings. The number of ether oxygens (including phenoxy) is 1. The number of likely N-dealkylation sites (tertiary alicyclic amines) is 1. The molecule has 1 aliphatic carbocycles. The van der Waals surface area contributed by atoms with E-state index in [1.807, 2.05) is 11.8 Å². The van der Waals surface area contributed by atoms with Gasteiger partial charge in [-0.25, -0.2) is 0 Å². The molecule has 1 aliphatic heterocycles. The molecule has 1 saturated heterocycles. The lowest BCUT2D eigenvalue weighted by Crippen LogP contribution is -2.37. The summed E-state index contributed by atoms with van der Waals surface area (Å²) >= 11 is 6.08. The Morgan fingerprint density at radius 3 is 2.88 bits per heavy atom. The highest BCUT2D eigenvalue weighted by Gasteiger charge is 2.54. The molecule has 2 N–H and O–H groups in total. The quantitative estimate of drug-likeness (QED) is 0.837. The summed E-state index contributed by atoms with van der Waals surface area (Å²) in [7, 11) is 1.52. The molecule has 2 fully saturated rings. The number of anilines is 1. The molecule has 6 nitrogen and oxygen atoms in total. The van der Waals surface area contributed by atoms with Crippen LogP contribution in [-0.4, -0.2) is 48.6 Å². The number of nitrogens with one attached hydrogen (secondary N) is 1. The molecule has 0 spiro atoms. The van der Waals surface area contributed by atoms with Gasteiger partial charge in [0.25, 0.3) is 0 Å². The van der Waals surface area contributed by atoms with Crippen LogP contribution in [0, 0.1) is 18.3 Å². The monoisotopic (exact) mass is 366 g/mol. The van der Waals surface area contributed by atoms with Crippen molar-refractivity contribution in [2.75, 3.05) is 32.1 Å². The summed E-state index contributed by atoms with van der Waals surface area (Å²) in [6, 6.07) is 3.45. The summed E-state index contributed by atoms with van der Waals surface area (Å²) in [4.78, 5) is 26.1. The van der Waals surface area contributed by atoms with Gasteiger partial charge in [0, 0.05) is 24.2 Å². The van der Waals surface area contributed by atoms with Gasteiger partial charge in [-0.05, 0) is 37.3 Å². The maximum Gasteiger partial charge on any atom is 0.311 e. The largest absolute Gasteiger partial charge is 0.495 e. The molecule has 1 saturated carbocycles. The van der Waals surface area contributed by atoms with E-state index in [0.29, 0.717) is 36.0 Å². The number of aryl methyl sites for hydroxylation is 1. The Morgan fingerprint density at radius 1 is 1.48 bits per heavy atom. The lowest BCUT2D eigenvalue weighted by molar-refractivity contribution is -0.149. The fraction of sp³-hybridized carbons (Fsp3) is 0.556. The third kappa shape index (κ3) is 3.33. The lowest BCUT2D eigenvalue weighted by Gasteiger charge is -2.23. The number of nitrogens with zero attached hydrogens (tertiary/aromatic N) is 1. The average Bonchev–Trinajstić information content (AvgIpc) is 3.08. The second kappa shape index (κ2) is 6.84. The third-order valence-corrected chi connectivity index (χ3v) is 5.90. The number of hydrogen-bond acceptors (Lipinski definition) is 4. The van der Waals surface area contributed by atoms with Crippen molar-refractivity contribution >= 4 is 29.2 Å². The first-order valence-electron chi connectivity index (χ1n) is 8.45. The highest BCUT2D eigenvalue weighted by atomic mass is 35.5. The number of methoxy groups -OCH3 is 1. The Balaban J connectivity index is 1.66. The number of carboxylic acids is 1. The zero-order chi connectivity index (χ0) is 18.2. The van der Waals surface area contributed by atoms with Crippen molar-refractivity contribution in [2.45, 2.75) is 26.2 Å². The van der Waals surface area contributed by atoms with Gasteiger partial charge < -0.3 is 15.2 Å². The number of hydrogen-bond donors (Lipinski definition) is 2. The Hall–Kier alpha value is -1.79. The number of rotatable bonds is 5. The molecule has 25 heavy (non-hydrogen) atoms. The molecule has 0 aromatic heterocycles. The van der Waals surface area contributed by atoms with E-state index < -0.39 is 11.4 Å². The van der Waals surface area contributed by atoms with Crippen LogP contribution in [0.5, 0.6) is 5.75 Å². The second-order valence-corrected chi connectivity index (χ2v) is 7.48. The maximum absolute atomic E-state index is 12.4. The van der Waals surface area contributed by atoms with Gasteiger partial charge in [-0.2, -0.15) is 0 Å². The molecule has 7 heteroatoms. The SMILES string of the molecule is COc1cc(Cl)c(C)cc1NC(=O)CN1C[C@@H]2CCC[C@@]2(C(=O)O)C1. The number of carbonyl (C=O) groups excluding carboxylic acids is 1. The van der Waals surface area contributed by atoms with Crippen LogP contribution in [0.2, 0.25) is 5.02 Å². The number of carbonyl (C=O) groups is 2. The van der Waals surface area contributed by atoms with Crippen LogP contribution in [0.4, 0.5) is 5.69 Å². The van der Waals surface area contributed by atoms with E-state index in [1.165, 1.54) is 7.11 Å². The molecule has 136 valence electrons. The zero-order valence-electron chi connectivity index (χ0n) is 14.5. The molecule has 1 aromatic carbocycles. The molecule has 1 aromatic rings. The van der Waals surface area contributed by atoms with Gasteiger partial charge in [0.05, 0.1) is 24.8 Å². The lowest BCUT2D eigenvalue weighted by atomic mass is 9.81. The van der Waals surface area contributed by atoms with Crippen molar-refractivity contribution in [3.05, 3.63) is 22.7 Å². The molecule has 0 unspecified atom stereocenters. The molecule has 0 bridgehead atoms. The van der Waals surface area contributed by atoms with Crippen LogP contribution >= 0.6 is 11.6 Å². The van der Waals surface area contributed by atoms with E-state index in [1.54, 1.807) is 12.1 Å². The van der Waals surface area contributed by atoms with Gasteiger partial charge >= 0.3 is 5.97 Å². The first kappa shape index (κ1) is 18.0. The predicted molar refractivity (Wildman–Crippen MR) is 95.2 cm³/mol. The Labute approximate surface area is 152 Å². The minimum atomic E-state index is -0.729. The fourth-order valence-corrected chi connectivity index (χ4v) is 4.34. The number of amides is 1. The number of fused-ring (bicyclic) bond motifs is 1. The van der Waals surface area contributed by atoms with E-state index in [9.17, 15) is 14.7 Å². The first-order valence-corrected chi connectivity index (χ1v) is 8.83. The average molecular weight is 367 g/mol. The predicted octanol–water partition coefficient (Wildman–Crippen LogP) is 2.78. The van der Waals surface area contributed by atoms with Crippen molar-refractivity contribution in [3.8, 4) is 5.75 Å². The van der Waals surface area contributed by atoms with Gasteiger partial charge in [-0.3, -0.25) is 14.5 Å². The van der Waals surface area contributed by atoms with Crippen LogP contribution in [0.15, 0.2) is 12.1 Å². The minimum absolute atomic E-state index is 0.144. The standard InChI is InChI=1S/C18H23ClN2O4/c1-11-6-14(15(25-2)7-13(11)19)20-16(22)9-21-8-12-4-3-5-18(12,10-21)17(23)24/h6-7,12H,3-5,8-10H2,1-2H3,(H,20,22)(H,23,24)/t12-,18+/m0/s1. The highest BCUT2D eigenvalue weighted by molar-refractivity contribution is 6.31. The van der Waals surface area contributed by atoms with E-state index >= 15 is 0 Å². The summed E-state index contributed by atoms with van der Waals surface area (Å²) < 4.78 is 5.27. The summed E-state index contributed by atoms with van der Waals surface area (Å²) in [5, 5.41) is 13.1. The summed E-state index contributed by atoms with van der Waals surface area (Å²) in [6.45, 7) is 3.14. The van der Waals surface area contributed by atoms with Crippen molar-refractivity contribution in [2.24, 2.45) is 11.3 Å². The molecule has 1 heterocycles. The number of carboxylic acid groups (broad SMARTS) is 1. The first-order chi connectivity index (χ1) is 11.9. The van der Waals surface area contributed by atoms with Crippen LogP contribution in [0.25, 0.3) is 0 Å². The summed E-state index contributed by atoms with van der Waals surface area (Å²) in [5.74, 6) is -0.261. The number of benzene rings is 1. The van der Waals surface area contributed by atoms with E-state index in [2.05, 4.69) is 5.32 Å². The van der Waals surface area contributed by atoms with Gasteiger partial charge in [0.1, 0.15) is 5.75 Å². The Bertz CT molecular complexity index is 709. The fourth-order valence-electron chi connectivity index (χ4n) is 4.19. The molecule has 1 amide bonds. The zero-order valence-corrected chi connectivity index (χ0v) is 15.2. The molecule has 3 rings (SSSR count). The summed E-state index contributed by atoms with van der Waals surface area (Å²) in [5.41, 5.74) is 0.745. The second-order valence-electron chi connectivity index (χ2n) is 7.07. The van der Waals surface area contributed by atoms with Crippen molar-refractivity contribution in [1.82, 2.24) is 4.90 Å². The van der Waals surface area contributed by atoms with Gasteiger partial charge in [0.15, 0.2) is 0 Å². The van der Waals surface area contributed by atoms with Crippen molar-refractivity contribution in [1.29, 1.82) is 0 Å². The topological polar surface area (TPSA) is 78.9 Å². The van der Waals surface area contributed by atoms with Crippen LogP contribution in [0.1, 0.15) is 24.8 Å². The van der Waals surface area contributed by atoms with Crippen molar-refractivity contribution in [3.63, 3.8) is 0 Å². The Morgan fingerprint density at radius 2 is 2.24 bits per heavy atom. The third-order valence-electron chi connectivity index (χ3n) is 5.49. The Kier molecular flexibility index (Phi) is 4.93. The van der Waals surface area contributed by atoms with Gasteiger partial charge in [-0.15, -0.1) is 0 Å². The number of halogens is 1. The highest BCUT2D eigenvalue weighted by Crippen LogP contribution is 2.48. The normalized spacial score (nSPS) is 25.6. The van der Waals surface area contributed by atoms with Crippen molar-refractivity contribution < 1.29 is 19.4 Å². The molecule has 2 atom stereocenters. The summed E-state index contributed by atoms with van der Waals surface area (Å²) in [6.07, 6.45) is 2.59. The molecular weight excluding hydrogens is 344 g/mol. The van der Waals surface area contributed by atoms with Crippen LogP contribution in [0.3, 0.4) is 0 Å². The van der Waals surface area contributed by atoms with Crippen LogP contribution in [-0.2, 0) is 9.59 Å². The number of aliphatic carboxylic acids is 1. The van der Waals surface area contributed by atoms with Gasteiger partial charge in [-0.1, -0.05) is 18.0 Å². The van der Waals surface area contributed by atoms with Gasteiger partial charge in [0.2, 0.25) is 5.91 Å². The molecular formula is C18H23ClN2O4. The van der Waals surface area contributed by atoms with E-state index in [4.69, 9.17) is 16.3 Å². The van der Waals surface area contributed by atoms with Crippen LogP contribution < -0.4 is 10.1 Å². The molecule has 0 radical (unpaired) electrons.